The third-order valence-electron chi connectivity index (χ3n) is 3.91. The highest BCUT2D eigenvalue weighted by Crippen LogP contribution is 2.21. The lowest BCUT2D eigenvalue weighted by molar-refractivity contribution is -0.115. The molecule has 4 heteroatoms. The summed E-state index contributed by atoms with van der Waals surface area (Å²) in [7, 11) is 4.02. The van der Waals surface area contributed by atoms with E-state index in [0.29, 0.717) is 12.6 Å². The predicted molar refractivity (Wildman–Crippen MR) is 84.4 cm³/mol. The first-order chi connectivity index (χ1) is 9.56. The van der Waals surface area contributed by atoms with Gasteiger partial charge in [0, 0.05) is 31.5 Å². The zero-order chi connectivity index (χ0) is 14.5. The first-order valence-corrected chi connectivity index (χ1v) is 7.37. The van der Waals surface area contributed by atoms with E-state index in [1.165, 1.54) is 25.7 Å². The van der Waals surface area contributed by atoms with E-state index in [0.717, 1.165) is 16.9 Å². The molecule has 0 saturated heterocycles. The van der Waals surface area contributed by atoms with Crippen LogP contribution in [0.15, 0.2) is 18.2 Å². The van der Waals surface area contributed by atoms with Crippen molar-refractivity contribution in [2.45, 2.75) is 38.6 Å². The molecule has 1 aromatic carbocycles. The Labute approximate surface area is 121 Å². The smallest absolute Gasteiger partial charge is 0.238 e. The molecule has 0 radical (unpaired) electrons. The van der Waals surface area contributed by atoms with Crippen LogP contribution in [-0.2, 0) is 4.79 Å². The molecule has 1 aliphatic rings. The molecular formula is C16H25N3O. The summed E-state index contributed by atoms with van der Waals surface area (Å²) in [6.07, 6.45) is 4.96. The number of benzene rings is 1. The van der Waals surface area contributed by atoms with Gasteiger partial charge in [0.2, 0.25) is 5.91 Å². The van der Waals surface area contributed by atoms with E-state index in [1.54, 1.807) is 0 Å². The van der Waals surface area contributed by atoms with E-state index in [1.807, 2.05) is 33.2 Å². The fourth-order valence-electron chi connectivity index (χ4n) is 2.63. The molecule has 0 aliphatic heterocycles. The van der Waals surface area contributed by atoms with Crippen molar-refractivity contribution in [1.29, 1.82) is 0 Å². The summed E-state index contributed by atoms with van der Waals surface area (Å²) in [6, 6.07) is 6.60. The Hall–Kier alpha value is -1.55. The fraction of sp³-hybridized carbons (Fsp3) is 0.562. The van der Waals surface area contributed by atoms with Crippen LogP contribution in [-0.4, -0.2) is 32.6 Å². The van der Waals surface area contributed by atoms with E-state index in [9.17, 15) is 4.79 Å². The third-order valence-corrected chi connectivity index (χ3v) is 3.91. The van der Waals surface area contributed by atoms with Gasteiger partial charge in [-0.25, -0.2) is 0 Å². The van der Waals surface area contributed by atoms with Crippen LogP contribution in [0.3, 0.4) is 0 Å². The number of hydrogen-bond donors (Lipinski definition) is 2. The predicted octanol–water partition coefficient (Wildman–Crippen LogP) is 2.53. The molecule has 1 aromatic rings. The summed E-state index contributed by atoms with van der Waals surface area (Å²) < 4.78 is 0. The summed E-state index contributed by atoms with van der Waals surface area (Å²) in [4.78, 5) is 14.0. The SMILES string of the molecule is Cc1cc(N(C)C)ccc1NC(=O)CNC1CCCC1. The number of amides is 1. The Kier molecular flexibility index (Phi) is 5.01. The van der Waals surface area contributed by atoms with Gasteiger partial charge >= 0.3 is 0 Å². The lowest BCUT2D eigenvalue weighted by Gasteiger charge is -2.16. The summed E-state index contributed by atoms with van der Waals surface area (Å²) in [6.45, 7) is 2.42. The molecule has 0 aromatic heterocycles. The number of aryl methyl sites for hydroxylation is 1. The lowest BCUT2D eigenvalue weighted by atomic mass is 10.1. The molecule has 2 N–H and O–H groups in total. The molecule has 4 nitrogen and oxygen atoms in total. The minimum Gasteiger partial charge on any atom is -0.378 e. The molecule has 0 heterocycles. The van der Waals surface area contributed by atoms with Gasteiger partial charge in [0.15, 0.2) is 0 Å². The van der Waals surface area contributed by atoms with Gasteiger partial charge in [-0.1, -0.05) is 12.8 Å². The molecule has 1 aliphatic carbocycles. The topological polar surface area (TPSA) is 44.4 Å². The van der Waals surface area contributed by atoms with Crippen LogP contribution >= 0.6 is 0 Å². The number of nitrogens with one attached hydrogen (secondary N) is 2. The zero-order valence-electron chi connectivity index (χ0n) is 12.7. The quantitative estimate of drug-likeness (QED) is 0.868. The number of anilines is 2. The molecule has 110 valence electrons. The maximum absolute atomic E-state index is 12.0. The van der Waals surface area contributed by atoms with E-state index in [-0.39, 0.29) is 5.91 Å². The fourth-order valence-corrected chi connectivity index (χ4v) is 2.63. The second kappa shape index (κ2) is 6.75. The molecule has 1 saturated carbocycles. The Morgan fingerprint density at radius 3 is 2.60 bits per heavy atom. The second-order valence-electron chi connectivity index (χ2n) is 5.80. The maximum atomic E-state index is 12.0. The van der Waals surface area contributed by atoms with Crippen LogP contribution in [0.2, 0.25) is 0 Å². The van der Waals surface area contributed by atoms with E-state index < -0.39 is 0 Å². The summed E-state index contributed by atoms with van der Waals surface area (Å²) >= 11 is 0. The van der Waals surface area contributed by atoms with Crippen LogP contribution in [0.25, 0.3) is 0 Å². The largest absolute Gasteiger partial charge is 0.378 e. The highest BCUT2D eigenvalue weighted by Gasteiger charge is 2.15. The van der Waals surface area contributed by atoms with Crippen molar-refractivity contribution in [3.63, 3.8) is 0 Å². The Bertz CT molecular complexity index is 465. The van der Waals surface area contributed by atoms with Gasteiger partial charge < -0.3 is 15.5 Å². The van der Waals surface area contributed by atoms with Crippen molar-refractivity contribution in [3.8, 4) is 0 Å². The van der Waals surface area contributed by atoms with Crippen molar-refractivity contribution >= 4 is 17.3 Å². The molecular weight excluding hydrogens is 250 g/mol. The molecule has 0 unspecified atom stereocenters. The van der Waals surface area contributed by atoms with E-state index >= 15 is 0 Å². The molecule has 20 heavy (non-hydrogen) atoms. The minimum absolute atomic E-state index is 0.0394. The average molecular weight is 275 g/mol. The Morgan fingerprint density at radius 1 is 1.30 bits per heavy atom. The molecule has 0 spiro atoms. The van der Waals surface area contributed by atoms with Gasteiger partial charge in [-0.05, 0) is 43.5 Å². The Balaban J connectivity index is 1.87. The molecule has 2 rings (SSSR count). The average Bonchev–Trinajstić information content (AvgIpc) is 2.91. The summed E-state index contributed by atoms with van der Waals surface area (Å²) in [5.41, 5.74) is 3.13. The highest BCUT2D eigenvalue weighted by molar-refractivity contribution is 5.93. The van der Waals surface area contributed by atoms with E-state index in [2.05, 4.69) is 21.6 Å². The van der Waals surface area contributed by atoms with Crippen molar-refractivity contribution in [2.75, 3.05) is 30.9 Å². The molecule has 0 bridgehead atoms. The number of carbonyl (C=O) groups is 1. The standard InChI is InChI=1S/C16H25N3O/c1-12-10-14(19(2)3)8-9-15(12)18-16(20)11-17-13-6-4-5-7-13/h8-10,13,17H,4-7,11H2,1-3H3,(H,18,20). The molecule has 0 atom stereocenters. The first-order valence-electron chi connectivity index (χ1n) is 7.37. The lowest BCUT2D eigenvalue weighted by Crippen LogP contribution is -2.34. The Morgan fingerprint density at radius 2 is 2.00 bits per heavy atom. The van der Waals surface area contributed by atoms with Crippen LogP contribution < -0.4 is 15.5 Å². The van der Waals surface area contributed by atoms with Crippen LogP contribution in [0.4, 0.5) is 11.4 Å². The number of nitrogens with zero attached hydrogens (tertiary/aromatic N) is 1. The summed E-state index contributed by atoms with van der Waals surface area (Å²) in [5, 5.41) is 6.31. The van der Waals surface area contributed by atoms with Gasteiger partial charge in [-0.15, -0.1) is 0 Å². The maximum Gasteiger partial charge on any atom is 0.238 e. The zero-order valence-corrected chi connectivity index (χ0v) is 12.7. The monoisotopic (exact) mass is 275 g/mol. The normalized spacial score (nSPS) is 15.3. The van der Waals surface area contributed by atoms with Gasteiger partial charge in [0.1, 0.15) is 0 Å². The van der Waals surface area contributed by atoms with Crippen LogP contribution in [0.1, 0.15) is 31.2 Å². The third kappa shape index (κ3) is 3.97. The van der Waals surface area contributed by atoms with Crippen LogP contribution in [0.5, 0.6) is 0 Å². The van der Waals surface area contributed by atoms with Gasteiger partial charge in [-0.3, -0.25) is 4.79 Å². The van der Waals surface area contributed by atoms with Crippen molar-refractivity contribution in [2.24, 2.45) is 0 Å². The summed E-state index contributed by atoms with van der Waals surface area (Å²) in [5.74, 6) is 0.0394. The minimum atomic E-state index is 0.0394. The highest BCUT2D eigenvalue weighted by atomic mass is 16.1. The van der Waals surface area contributed by atoms with Gasteiger partial charge in [-0.2, -0.15) is 0 Å². The molecule has 1 fully saturated rings. The van der Waals surface area contributed by atoms with Gasteiger partial charge in [0.25, 0.3) is 0 Å². The number of hydrogen-bond acceptors (Lipinski definition) is 3. The van der Waals surface area contributed by atoms with Crippen LogP contribution in [0, 0.1) is 6.92 Å². The molecule has 1 amide bonds. The van der Waals surface area contributed by atoms with Gasteiger partial charge in [0.05, 0.1) is 6.54 Å². The number of rotatable bonds is 5. The van der Waals surface area contributed by atoms with E-state index in [4.69, 9.17) is 0 Å². The van der Waals surface area contributed by atoms with Crippen molar-refractivity contribution < 1.29 is 4.79 Å². The first kappa shape index (κ1) is 14.9. The number of carbonyl (C=O) groups excluding carboxylic acids is 1. The van der Waals surface area contributed by atoms with Crippen molar-refractivity contribution in [1.82, 2.24) is 5.32 Å². The van der Waals surface area contributed by atoms with Crippen molar-refractivity contribution in [3.05, 3.63) is 23.8 Å². The second-order valence-corrected chi connectivity index (χ2v) is 5.80.